The molecule has 0 spiro atoms. The van der Waals surface area contributed by atoms with Gasteiger partial charge in [-0.05, 0) is 73.1 Å². The van der Waals surface area contributed by atoms with Gasteiger partial charge in [-0.2, -0.15) is 0 Å². The van der Waals surface area contributed by atoms with Crippen molar-refractivity contribution in [1.29, 1.82) is 0 Å². The average Bonchev–Trinajstić information content (AvgIpc) is 2.80. The predicted molar refractivity (Wildman–Crippen MR) is 146 cm³/mol. The molecule has 0 radical (unpaired) electrons. The molecule has 0 fully saturated rings. The fourth-order valence-corrected chi connectivity index (χ4v) is 4.68. The van der Waals surface area contributed by atoms with Crippen LogP contribution in [0.15, 0.2) is 54.6 Å². The first-order valence-corrected chi connectivity index (χ1v) is 12.4. The Bertz CT molecular complexity index is 1110. The van der Waals surface area contributed by atoms with Crippen LogP contribution >= 0.6 is 11.6 Å². The van der Waals surface area contributed by atoms with Crippen molar-refractivity contribution in [3.8, 4) is 0 Å². The molecule has 2 amide bonds. The number of nitrogens with zero attached hydrogens (tertiary/aromatic N) is 1. The number of aryl methyl sites for hydroxylation is 1. The Labute approximate surface area is 209 Å². The quantitative estimate of drug-likeness (QED) is 0.336. The molecule has 0 bridgehead atoms. The number of hydrogen-bond acceptors (Lipinski definition) is 2. The molecule has 5 heteroatoms. The number of halogens is 1. The van der Waals surface area contributed by atoms with Crippen LogP contribution in [0.1, 0.15) is 74.4 Å². The van der Waals surface area contributed by atoms with E-state index in [1.54, 1.807) is 6.07 Å². The minimum absolute atomic E-state index is 0.183. The molecule has 0 unspecified atom stereocenters. The van der Waals surface area contributed by atoms with Gasteiger partial charge in [0.1, 0.15) is 0 Å². The molecule has 0 aliphatic rings. The highest BCUT2D eigenvalue weighted by Gasteiger charge is 2.26. The number of benzene rings is 3. The second-order valence-electron chi connectivity index (χ2n) is 9.12. The predicted octanol–water partition coefficient (Wildman–Crippen LogP) is 8.28. The number of rotatable bonds is 7. The molecule has 0 heterocycles. The first-order chi connectivity index (χ1) is 16.2. The molecule has 4 nitrogen and oxygen atoms in total. The summed E-state index contributed by atoms with van der Waals surface area (Å²) in [6, 6.07) is 17.9. The van der Waals surface area contributed by atoms with Crippen LogP contribution in [-0.4, -0.2) is 6.03 Å². The van der Waals surface area contributed by atoms with E-state index in [9.17, 15) is 4.79 Å². The SMILES string of the molecule is CCc1c(N)cc(Cl)c(CC)c1NC(=O)N(c1ccc(C(C)C)cc1)[C@H](C)c1ccc(C)cc1. The molecular weight excluding hydrogens is 442 g/mol. The topological polar surface area (TPSA) is 58.4 Å². The number of hydrogen-bond donors (Lipinski definition) is 2. The second-order valence-corrected chi connectivity index (χ2v) is 9.53. The van der Waals surface area contributed by atoms with Gasteiger partial charge in [-0.3, -0.25) is 4.90 Å². The minimum atomic E-state index is -0.212. The van der Waals surface area contributed by atoms with Crippen molar-refractivity contribution in [1.82, 2.24) is 0 Å². The summed E-state index contributed by atoms with van der Waals surface area (Å²) in [4.78, 5) is 15.7. The molecule has 34 heavy (non-hydrogen) atoms. The van der Waals surface area contributed by atoms with Gasteiger partial charge in [0.05, 0.1) is 11.7 Å². The lowest BCUT2D eigenvalue weighted by Crippen LogP contribution is -2.37. The molecule has 3 aromatic rings. The van der Waals surface area contributed by atoms with E-state index in [4.69, 9.17) is 17.3 Å². The molecule has 0 aromatic heterocycles. The Morgan fingerprint density at radius 1 is 0.941 bits per heavy atom. The molecule has 0 aliphatic carbocycles. The van der Waals surface area contributed by atoms with Crippen molar-refractivity contribution in [2.24, 2.45) is 0 Å². The number of amides is 2. The van der Waals surface area contributed by atoms with Crippen molar-refractivity contribution < 1.29 is 4.79 Å². The molecule has 1 atom stereocenters. The van der Waals surface area contributed by atoms with E-state index >= 15 is 0 Å². The zero-order valence-corrected chi connectivity index (χ0v) is 21.8. The van der Waals surface area contributed by atoms with Gasteiger partial charge in [-0.25, -0.2) is 4.79 Å². The standard InChI is InChI=1S/C29H36ClN3O/c1-7-24-26(30)17-27(31)25(8-2)28(24)32-29(34)33(20(6)22-11-9-19(5)10-12-22)23-15-13-21(14-16-23)18(3)4/h9-18,20H,7-8,31H2,1-6H3,(H,32,34)/t20-/m1/s1. The number of anilines is 3. The molecule has 0 saturated heterocycles. The maximum Gasteiger partial charge on any atom is 0.326 e. The maximum atomic E-state index is 13.9. The van der Waals surface area contributed by atoms with Crippen LogP contribution in [0.25, 0.3) is 0 Å². The lowest BCUT2D eigenvalue weighted by atomic mass is 10.00. The first-order valence-electron chi connectivity index (χ1n) is 12.0. The van der Waals surface area contributed by atoms with Crippen LogP contribution in [0.2, 0.25) is 5.02 Å². The van der Waals surface area contributed by atoms with Gasteiger partial charge in [-0.15, -0.1) is 0 Å². The highest BCUT2D eigenvalue weighted by Crippen LogP contribution is 2.36. The Morgan fingerprint density at radius 2 is 1.50 bits per heavy atom. The zero-order valence-electron chi connectivity index (χ0n) is 21.1. The smallest absolute Gasteiger partial charge is 0.326 e. The van der Waals surface area contributed by atoms with Gasteiger partial charge in [0.25, 0.3) is 0 Å². The normalized spacial score (nSPS) is 12.0. The zero-order chi connectivity index (χ0) is 25.0. The molecule has 3 aromatic carbocycles. The van der Waals surface area contributed by atoms with Gasteiger partial charge >= 0.3 is 6.03 Å². The highest BCUT2D eigenvalue weighted by atomic mass is 35.5. The highest BCUT2D eigenvalue weighted by molar-refractivity contribution is 6.32. The van der Waals surface area contributed by atoms with Crippen molar-refractivity contribution in [2.45, 2.75) is 66.3 Å². The van der Waals surface area contributed by atoms with Gasteiger partial charge in [0.15, 0.2) is 0 Å². The molecule has 0 saturated carbocycles. The average molecular weight is 478 g/mol. The fourth-order valence-electron chi connectivity index (χ4n) is 4.33. The number of carbonyl (C=O) groups is 1. The molecule has 0 aliphatic heterocycles. The van der Waals surface area contributed by atoms with Crippen LogP contribution in [0.3, 0.4) is 0 Å². The Kier molecular flexibility index (Phi) is 8.27. The lowest BCUT2D eigenvalue weighted by molar-refractivity contribution is 0.255. The van der Waals surface area contributed by atoms with E-state index in [2.05, 4.69) is 69.4 Å². The van der Waals surface area contributed by atoms with Gasteiger partial charge in [-0.1, -0.05) is 81.3 Å². The van der Waals surface area contributed by atoms with E-state index in [1.807, 2.05) is 30.9 Å². The van der Waals surface area contributed by atoms with Crippen LogP contribution in [0.5, 0.6) is 0 Å². The third kappa shape index (κ3) is 5.39. The summed E-state index contributed by atoms with van der Waals surface area (Å²) in [5.74, 6) is 0.416. The Morgan fingerprint density at radius 3 is 2.03 bits per heavy atom. The van der Waals surface area contributed by atoms with E-state index in [1.165, 1.54) is 11.1 Å². The van der Waals surface area contributed by atoms with E-state index in [-0.39, 0.29) is 12.1 Å². The van der Waals surface area contributed by atoms with Gasteiger partial charge < -0.3 is 11.1 Å². The molecular formula is C29H36ClN3O. The second kappa shape index (κ2) is 11.0. The van der Waals surface area contributed by atoms with Crippen LogP contribution < -0.4 is 16.0 Å². The number of urea groups is 1. The van der Waals surface area contributed by atoms with E-state index < -0.39 is 0 Å². The fraction of sp³-hybridized carbons (Fsp3) is 0.345. The summed E-state index contributed by atoms with van der Waals surface area (Å²) >= 11 is 6.52. The van der Waals surface area contributed by atoms with Gasteiger partial charge in [0, 0.05) is 16.4 Å². The lowest BCUT2D eigenvalue weighted by Gasteiger charge is -2.31. The van der Waals surface area contributed by atoms with E-state index in [0.717, 1.165) is 28.1 Å². The van der Waals surface area contributed by atoms with E-state index in [0.29, 0.717) is 29.5 Å². The van der Waals surface area contributed by atoms with Crippen molar-refractivity contribution in [2.75, 3.05) is 16.0 Å². The number of carbonyl (C=O) groups excluding carboxylic acids is 1. The molecule has 3 N–H and O–H groups in total. The third-order valence-electron chi connectivity index (χ3n) is 6.47. The number of nitrogens with two attached hydrogens (primary N) is 1. The molecule has 3 rings (SSSR count). The summed E-state index contributed by atoms with van der Waals surface area (Å²) in [5, 5.41) is 3.76. The van der Waals surface area contributed by atoms with Crippen LogP contribution in [0, 0.1) is 6.92 Å². The summed E-state index contributed by atoms with van der Waals surface area (Å²) in [6.07, 6.45) is 1.39. The summed E-state index contributed by atoms with van der Waals surface area (Å²) in [7, 11) is 0. The van der Waals surface area contributed by atoms with Crippen LogP contribution in [-0.2, 0) is 12.8 Å². The Balaban J connectivity index is 2.08. The Hall–Kier alpha value is -2.98. The van der Waals surface area contributed by atoms with Crippen molar-refractivity contribution >= 4 is 34.7 Å². The first kappa shape index (κ1) is 25.6. The maximum absolute atomic E-state index is 13.9. The van der Waals surface area contributed by atoms with Crippen LogP contribution in [0.4, 0.5) is 21.9 Å². The largest absolute Gasteiger partial charge is 0.398 e. The minimum Gasteiger partial charge on any atom is -0.398 e. The summed E-state index contributed by atoms with van der Waals surface area (Å²) in [6.45, 7) is 12.5. The van der Waals surface area contributed by atoms with Gasteiger partial charge in [0.2, 0.25) is 0 Å². The summed E-state index contributed by atoms with van der Waals surface area (Å²) < 4.78 is 0. The van der Waals surface area contributed by atoms with Crippen molar-refractivity contribution in [3.05, 3.63) is 87.4 Å². The number of nitrogen functional groups attached to an aromatic ring is 1. The number of nitrogens with one attached hydrogen (secondary N) is 1. The monoisotopic (exact) mass is 477 g/mol. The summed E-state index contributed by atoms with van der Waals surface area (Å²) in [5.41, 5.74) is 13.7. The molecule has 180 valence electrons. The van der Waals surface area contributed by atoms with Crippen molar-refractivity contribution in [3.63, 3.8) is 0 Å². The third-order valence-corrected chi connectivity index (χ3v) is 6.80.